The van der Waals surface area contributed by atoms with Gasteiger partial charge in [-0.3, -0.25) is 4.79 Å². The molecular formula is C16H15N3O2. The van der Waals surface area contributed by atoms with Crippen molar-refractivity contribution < 1.29 is 9.32 Å². The number of nitrogens with one attached hydrogen (secondary N) is 1. The van der Waals surface area contributed by atoms with E-state index < -0.39 is 0 Å². The van der Waals surface area contributed by atoms with Crippen molar-refractivity contribution in [3.05, 3.63) is 46.8 Å². The second-order valence-corrected chi connectivity index (χ2v) is 5.39. The lowest BCUT2D eigenvalue weighted by Gasteiger charge is -2.16. The third kappa shape index (κ3) is 2.52. The van der Waals surface area contributed by atoms with E-state index in [-0.39, 0.29) is 5.91 Å². The fourth-order valence-corrected chi connectivity index (χ4v) is 2.63. The first-order valence-corrected chi connectivity index (χ1v) is 6.97. The topological polar surface area (TPSA) is 78.9 Å². The average Bonchev–Trinajstić information content (AvgIpc) is 2.90. The molecule has 106 valence electrons. The molecule has 5 heteroatoms. The van der Waals surface area contributed by atoms with Gasteiger partial charge in [-0.05, 0) is 30.9 Å². The Labute approximate surface area is 122 Å². The van der Waals surface area contributed by atoms with Crippen LogP contribution in [0.4, 0.5) is 5.69 Å². The number of fused-ring (bicyclic) bond motifs is 1. The number of hydrogen-bond acceptors (Lipinski definition) is 4. The number of rotatable bonds is 2. The molecule has 0 saturated heterocycles. The Kier molecular flexibility index (Phi) is 3.44. The number of aryl methyl sites for hydroxylation is 1. The minimum absolute atomic E-state index is 0.322. The van der Waals surface area contributed by atoms with Crippen LogP contribution in [-0.2, 0) is 12.8 Å². The molecule has 1 atom stereocenters. The van der Waals surface area contributed by atoms with Gasteiger partial charge in [-0.2, -0.15) is 5.26 Å². The van der Waals surface area contributed by atoms with E-state index in [2.05, 4.69) is 23.5 Å². The summed E-state index contributed by atoms with van der Waals surface area (Å²) in [6, 6.07) is 8.95. The van der Waals surface area contributed by atoms with Crippen LogP contribution < -0.4 is 5.32 Å². The van der Waals surface area contributed by atoms with Gasteiger partial charge in [0.05, 0.1) is 11.3 Å². The van der Waals surface area contributed by atoms with E-state index in [1.165, 1.54) is 0 Å². The molecule has 1 aromatic heterocycles. The quantitative estimate of drug-likeness (QED) is 0.917. The van der Waals surface area contributed by atoms with E-state index in [0.29, 0.717) is 22.9 Å². The van der Waals surface area contributed by atoms with Crippen LogP contribution in [0, 0.1) is 17.2 Å². The second kappa shape index (κ2) is 5.41. The molecule has 0 fully saturated rings. The summed E-state index contributed by atoms with van der Waals surface area (Å²) in [5.41, 5.74) is 2.16. The zero-order valence-corrected chi connectivity index (χ0v) is 11.7. The smallest absolute Gasteiger partial charge is 0.278 e. The van der Waals surface area contributed by atoms with Crippen LogP contribution in [0.5, 0.6) is 0 Å². The van der Waals surface area contributed by atoms with Gasteiger partial charge in [0.15, 0.2) is 5.69 Å². The highest BCUT2D eigenvalue weighted by Crippen LogP contribution is 2.28. The Morgan fingerprint density at radius 3 is 3.10 bits per heavy atom. The second-order valence-electron chi connectivity index (χ2n) is 5.39. The number of amides is 1. The van der Waals surface area contributed by atoms with Crippen LogP contribution in [0.3, 0.4) is 0 Å². The van der Waals surface area contributed by atoms with Crippen molar-refractivity contribution in [1.29, 1.82) is 5.26 Å². The van der Waals surface area contributed by atoms with E-state index in [0.717, 1.165) is 30.6 Å². The number of para-hydroxylation sites is 1. The van der Waals surface area contributed by atoms with Crippen LogP contribution in [0.1, 0.15) is 40.7 Å². The van der Waals surface area contributed by atoms with Crippen molar-refractivity contribution in [3.8, 4) is 6.07 Å². The summed E-state index contributed by atoms with van der Waals surface area (Å²) in [6.07, 6.45) is 2.69. The Hall–Kier alpha value is -2.61. The monoisotopic (exact) mass is 281 g/mol. The van der Waals surface area contributed by atoms with Crippen molar-refractivity contribution in [1.82, 2.24) is 5.16 Å². The summed E-state index contributed by atoms with van der Waals surface area (Å²) in [4.78, 5) is 12.4. The lowest BCUT2D eigenvalue weighted by molar-refractivity contribution is 0.101. The van der Waals surface area contributed by atoms with E-state index in [1.54, 1.807) is 24.3 Å². The van der Waals surface area contributed by atoms with E-state index in [4.69, 9.17) is 9.78 Å². The summed E-state index contributed by atoms with van der Waals surface area (Å²) in [7, 11) is 0. The molecule has 0 spiro atoms. The molecule has 0 bridgehead atoms. The molecule has 1 amide bonds. The molecule has 1 heterocycles. The molecule has 1 aliphatic carbocycles. The SMILES string of the molecule is CC1CCc2onc(C(=O)Nc3ccccc3C#N)c2C1. The maximum atomic E-state index is 12.4. The molecule has 1 aliphatic rings. The highest BCUT2D eigenvalue weighted by atomic mass is 16.5. The van der Waals surface area contributed by atoms with Gasteiger partial charge in [0.1, 0.15) is 11.8 Å². The lowest BCUT2D eigenvalue weighted by atomic mass is 9.88. The number of carbonyl (C=O) groups excluding carboxylic acids is 1. The van der Waals surface area contributed by atoms with Gasteiger partial charge in [-0.1, -0.05) is 24.2 Å². The van der Waals surface area contributed by atoms with E-state index in [9.17, 15) is 4.79 Å². The molecule has 0 saturated carbocycles. The first-order valence-electron chi connectivity index (χ1n) is 6.97. The van der Waals surface area contributed by atoms with Gasteiger partial charge < -0.3 is 9.84 Å². The van der Waals surface area contributed by atoms with Crippen LogP contribution in [0.2, 0.25) is 0 Å². The molecular weight excluding hydrogens is 266 g/mol. The first kappa shape index (κ1) is 13.4. The number of carbonyl (C=O) groups is 1. The van der Waals surface area contributed by atoms with Crippen molar-refractivity contribution >= 4 is 11.6 Å². The number of hydrogen-bond donors (Lipinski definition) is 1. The molecule has 1 unspecified atom stereocenters. The molecule has 2 aromatic rings. The van der Waals surface area contributed by atoms with Crippen LogP contribution in [-0.4, -0.2) is 11.1 Å². The van der Waals surface area contributed by atoms with Gasteiger partial charge in [0.25, 0.3) is 5.91 Å². The standard InChI is InChI=1S/C16H15N3O2/c1-10-6-7-14-12(8-10)15(19-21-14)16(20)18-13-5-3-2-4-11(13)9-17/h2-5,10H,6-8H2,1H3,(H,18,20). The molecule has 5 nitrogen and oxygen atoms in total. The summed E-state index contributed by atoms with van der Waals surface area (Å²) in [5, 5.41) is 15.7. The third-order valence-electron chi connectivity index (χ3n) is 3.80. The summed E-state index contributed by atoms with van der Waals surface area (Å²) in [5.74, 6) is 1.01. The normalized spacial score (nSPS) is 16.9. The average molecular weight is 281 g/mol. The van der Waals surface area contributed by atoms with Gasteiger partial charge in [0, 0.05) is 12.0 Å². The van der Waals surface area contributed by atoms with Gasteiger partial charge >= 0.3 is 0 Å². The predicted octanol–water partition coefficient (Wildman–Crippen LogP) is 2.92. The first-order chi connectivity index (χ1) is 10.2. The van der Waals surface area contributed by atoms with Crippen molar-refractivity contribution in [2.75, 3.05) is 5.32 Å². The largest absolute Gasteiger partial charge is 0.360 e. The predicted molar refractivity (Wildman–Crippen MR) is 76.8 cm³/mol. The summed E-state index contributed by atoms with van der Waals surface area (Å²) < 4.78 is 5.27. The fourth-order valence-electron chi connectivity index (χ4n) is 2.63. The fraction of sp³-hybridized carbons (Fsp3) is 0.312. The zero-order valence-electron chi connectivity index (χ0n) is 11.7. The van der Waals surface area contributed by atoms with Crippen molar-refractivity contribution in [3.63, 3.8) is 0 Å². The Bertz CT molecular complexity index is 727. The molecule has 21 heavy (non-hydrogen) atoms. The zero-order chi connectivity index (χ0) is 14.8. The van der Waals surface area contributed by atoms with Crippen LogP contribution in [0.25, 0.3) is 0 Å². The minimum Gasteiger partial charge on any atom is -0.360 e. The number of anilines is 1. The molecule has 0 radical (unpaired) electrons. The molecule has 0 aliphatic heterocycles. The van der Waals surface area contributed by atoms with Crippen molar-refractivity contribution in [2.45, 2.75) is 26.2 Å². The van der Waals surface area contributed by atoms with E-state index >= 15 is 0 Å². The minimum atomic E-state index is -0.322. The maximum absolute atomic E-state index is 12.4. The highest BCUT2D eigenvalue weighted by Gasteiger charge is 2.27. The summed E-state index contributed by atoms with van der Waals surface area (Å²) >= 11 is 0. The third-order valence-corrected chi connectivity index (χ3v) is 3.80. The van der Waals surface area contributed by atoms with Gasteiger partial charge in [-0.25, -0.2) is 0 Å². The number of benzene rings is 1. The Balaban J connectivity index is 1.87. The van der Waals surface area contributed by atoms with Crippen molar-refractivity contribution in [2.24, 2.45) is 5.92 Å². The van der Waals surface area contributed by atoms with Crippen LogP contribution in [0.15, 0.2) is 28.8 Å². The Morgan fingerprint density at radius 1 is 1.48 bits per heavy atom. The molecule has 1 aromatic carbocycles. The van der Waals surface area contributed by atoms with E-state index in [1.807, 2.05) is 0 Å². The number of nitrogens with zero attached hydrogens (tertiary/aromatic N) is 2. The van der Waals surface area contributed by atoms with Gasteiger partial charge in [-0.15, -0.1) is 0 Å². The summed E-state index contributed by atoms with van der Waals surface area (Å²) in [6.45, 7) is 2.16. The maximum Gasteiger partial charge on any atom is 0.278 e. The van der Waals surface area contributed by atoms with Gasteiger partial charge in [0.2, 0.25) is 0 Å². The highest BCUT2D eigenvalue weighted by molar-refractivity contribution is 6.04. The number of aromatic nitrogens is 1. The Morgan fingerprint density at radius 2 is 2.29 bits per heavy atom. The molecule has 1 N–H and O–H groups in total. The number of nitriles is 1. The lowest BCUT2D eigenvalue weighted by Crippen LogP contribution is -2.18. The molecule has 3 rings (SSSR count). The van der Waals surface area contributed by atoms with Crippen LogP contribution >= 0.6 is 0 Å².